The van der Waals surface area contributed by atoms with Gasteiger partial charge in [-0.05, 0) is 85.8 Å². The van der Waals surface area contributed by atoms with Crippen LogP contribution in [0.15, 0.2) is 57.9 Å². The van der Waals surface area contributed by atoms with E-state index in [2.05, 4.69) is 11.9 Å². The van der Waals surface area contributed by atoms with Gasteiger partial charge in [0.15, 0.2) is 16.9 Å². The van der Waals surface area contributed by atoms with E-state index in [0.29, 0.717) is 46.0 Å². The van der Waals surface area contributed by atoms with Gasteiger partial charge in [0.1, 0.15) is 11.4 Å². The largest absolute Gasteiger partial charge is 0.493 e. The number of nitrogens with zero attached hydrogens (tertiary/aromatic N) is 2. The Balaban J connectivity index is 1.65. The lowest BCUT2D eigenvalue weighted by Crippen LogP contribution is -2.30. The molecule has 0 spiro atoms. The molecule has 0 fully saturated rings. The summed E-state index contributed by atoms with van der Waals surface area (Å²) in [6.45, 7) is 8.62. The highest BCUT2D eigenvalue weighted by molar-refractivity contribution is 6.10. The fraction of sp³-hybridized carbons (Fsp3) is 0.344. The second kappa shape index (κ2) is 10.9. The van der Waals surface area contributed by atoms with Crippen molar-refractivity contribution in [1.82, 2.24) is 4.98 Å². The monoisotopic (exact) mass is 526 g/mol. The number of carbonyl (C=O) groups is 1. The van der Waals surface area contributed by atoms with E-state index in [0.717, 1.165) is 36.0 Å². The third kappa shape index (κ3) is 4.89. The Kier molecular flexibility index (Phi) is 7.42. The topological polar surface area (TPSA) is 81.9 Å². The Morgan fingerprint density at radius 2 is 1.74 bits per heavy atom. The second-order valence-corrected chi connectivity index (χ2v) is 10.2. The van der Waals surface area contributed by atoms with Crippen LogP contribution in [0.25, 0.3) is 11.0 Å². The number of ether oxygens (including phenoxy) is 2. The number of unbranched alkanes of at least 4 members (excludes halogenated alkanes) is 3. The van der Waals surface area contributed by atoms with Crippen LogP contribution in [0.2, 0.25) is 0 Å². The third-order valence-corrected chi connectivity index (χ3v) is 7.39. The number of benzene rings is 2. The van der Waals surface area contributed by atoms with Crippen LogP contribution in [-0.2, 0) is 0 Å². The molecule has 7 nitrogen and oxygen atoms in total. The summed E-state index contributed by atoms with van der Waals surface area (Å²) in [6.07, 6.45) is 6.07. The zero-order valence-electron chi connectivity index (χ0n) is 23.2. The Bertz CT molecular complexity index is 1610. The summed E-state index contributed by atoms with van der Waals surface area (Å²) in [5.41, 5.74) is 4.10. The highest BCUT2D eigenvalue weighted by atomic mass is 16.5. The molecule has 202 valence electrons. The first-order chi connectivity index (χ1) is 18.8. The molecule has 0 saturated heterocycles. The van der Waals surface area contributed by atoms with Crippen LogP contribution in [0.1, 0.15) is 77.0 Å². The number of methoxy groups -OCH3 is 1. The molecule has 1 aliphatic heterocycles. The number of aromatic nitrogens is 1. The Morgan fingerprint density at radius 1 is 0.949 bits per heavy atom. The highest BCUT2D eigenvalue weighted by Crippen LogP contribution is 2.43. The maximum atomic E-state index is 14.0. The number of fused-ring (bicyclic) bond motifs is 2. The van der Waals surface area contributed by atoms with Gasteiger partial charge in [-0.2, -0.15) is 0 Å². The molecular weight excluding hydrogens is 492 g/mol. The summed E-state index contributed by atoms with van der Waals surface area (Å²) < 4.78 is 17.9. The first kappa shape index (κ1) is 26.5. The summed E-state index contributed by atoms with van der Waals surface area (Å²) in [5.74, 6) is 1.25. The van der Waals surface area contributed by atoms with Crippen LogP contribution in [0, 0.1) is 20.8 Å². The molecule has 1 aliphatic rings. The average molecular weight is 527 g/mol. The number of amides is 1. The molecule has 1 atom stereocenters. The molecule has 0 bridgehead atoms. The van der Waals surface area contributed by atoms with Gasteiger partial charge in [-0.15, -0.1) is 0 Å². The number of carbonyl (C=O) groups excluding carboxylic acids is 1. The lowest BCUT2D eigenvalue weighted by atomic mass is 9.97. The van der Waals surface area contributed by atoms with Gasteiger partial charge in [0.05, 0.1) is 30.7 Å². The van der Waals surface area contributed by atoms with E-state index in [1.807, 2.05) is 63.2 Å². The van der Waals surface area contributed by atoms with Crippen molar-refractivity contribution < 1.29 is 18.7 Å². The lowest BCUT2D eigenvalue weighted by molar-refractivity contribution is 0.0970. The van der Waals surface area contributed by atoms with E-state index in [1.54, 1.807) is 18.2 Å². The maximum Gasteiger partial charge on any atom is 0.296 e. The minimum atomic E-state index is -0.739. The second-order valence-electron chi connectivity index (χ2n) is 10.2. The van der Waals surface area contributed by atoms with Crippen LogP contribution in [0.5, 0.6) is 11.5 Å². The average Bonchev–Trinajstić information content (AvgIpc) is 3.22. The molecule has 2 aromatic heterocycles. The fourth-order valence-electron chi connectivity index (χ4n) is 5.12. The van der Waals surface area contributed by atoms with E-state index < -0.39 is 11.9 Å². The van der Waals surface area contributed by atoms with Crippen molar-refractivity contribution >= 4 is 22.7 Å². The molecule has 4 aromatic rings. The van der Waals surface area contributed by atoms with Crippen LogP contribution in [0.4, 0.5) is 5.82 Å². The molecule has 5 rings (SSSR count). The molecule has 3 heterocycles. The number of hydrogen-bond acceptors (Lipinski definition) is 6. The normalized spacial score (nSPS) is 14.6. The predicted octanol–water partition coefficient (Wildman–Crippen LogP) is 6.83. The van der Waals surface area contributed by atoms with E-state index >= 15 is 0 Å². The first-order valence-corrected chi connectivity index (χ1v) is 13.5. The Hall–Kier alpha value is -4.13. The summed E-state index contributed by atoms with van der Waals surface area (Å²) in [7, 11) is 1.59. The zero-order valence-corrected chi connectivity index (χ0v) is 23.2. The van der Waals surface area contributed by atoms with Crippen LogP contribution in [-0.4, -0.2) is 24.6 Å². The van der Waals surface area contributed by atoms with Gasteiger partial charge in [0.2, 0.25) is 5.76 Å². The van der Waals surface area contributed by atoms with Gasteiger partial charge < -0.3 is 13.9 Å². The van der Waals surface area contributed by atoms with Crippen LogP contribution in [0.3, 0.4) is 0 Å². The summed E-state index contributed by atoms with van der Waals surface area (Å²) in [6, 6.07) is 12.2. The first-order valence-electron chi connectivity index (χ1n) is 13.5. The van der Waals surface area contributed by atoms with Crippen molar-refractivity contribution in [3.63, 3.8) is 0 Å². The SMILES string of the molecule is CCCCCCOc1ccc(C2c3c(oc4cc(C)c(C)cc4c3=O)C(=O)N2c2cc(C)ccn2)cc1OC. The summed E-state index contributed by atoms with van der Waals surface area (Å²) >= 11 is 0. The van der Waals surface area contributed by atoms with Gasteiger partial charge in [-0.3, -0.25) is 14.5 Å². The lowest BCUT2D eigenvalue weighted by Gasteiger charge is -2.25. The smallest absolute Gasteiger partial charge is 0.296 e. The number of pyridine rings is 1. The zero-order chi connectivity index (χ0) is 27.7. The van der Waals surface area contributed by atoms with Crippen molar-refractivity contribution in [3.05, 3.63) is 92.5 Å². The van der Waals surface area contributed by atoms with Crippen molar-refractivity contribution in [2.75, 3.05) is 18.6 Å². The Labute approximate surface area is 228 Å². The number of hydrogen-bond donors (Lipinski definition) is 0. The van der Waals surface area contributed by atoms with Crippen molar-refractivity contribution in [3.8, 4) is 11.5 Å². The highest BCUT2D eigenvalue weighted by Gasteiger charge is 2.44. The van der Waals surface area contributed by atoms with Crippen molar-refractivity contribution in [1.29, 1.82) is 0 Å². The van der Waals surface area contributed by atoms with Gasteiger partial charge in [0.25, 0.3) is 5.91 Å². The molecule has 1 unspecified atom stereocenters. The molecule has 0 aliphatic carbocycles. The molecule has 7 heteroatoms. The van der Waals surface area contributed by atoms with E-state index in [1.165, 1.54) is 6.42 Å². The maximum absolute atomic E-state index is 14.0. The standard InChI is InChI=1S/C32H34N2O5/c1-6-7-8-9-14-38-24-11-10-22(18-26(24)37-5)29-28-30(35)23-16-20(3)21(4)17-25(23)39-31(28)32(36)34(29)27-15-19(2)12-13-33-27/h10-13,15-18,29H,6-9,14H2,1-5H3. The molecule has 0 saturated carbocycles. The molecule has 1 amide bonds. The van der Waals surface area contributed by atoms with Crippen LogP contribution >= 0.6 is 0 Å². The third-order valence-electron chi connectivity index (χ3n) is 7.39. The van der Waals surface area contributed by atoms with Gasteiger partial charge in [-0.25, -0.2) is 4.98 Å². The van der Waals surface area contributed by atoms with Gasteiger partial charge in [-0.1, -0.05) is 32.3 Å². The van der Waals surface area contributed by atoms with Crippen molar-refractivity contribution in [2.24, 2.45) is 0 Å². The molecular formula is C32H34N2O5. The minimum absolute atomic E-state index is 0.0410. The number of rotatable bonds is 9. The quantitative estimate of drug-likeness (QED) is 0.222. The number of anilines is 1. The molecule has 0 radical (unpaired) electrons. The Morgan fingerprint density at radius 3 is 2.49 bits per heavy atom. The van der Waals surface area contributed by atoms with E-state index in [-0.39, 0.29) is 11.2 Å². The summed E-state index contributed by atoms with van der Waals surface area (Å²) in [5, 5.41) is 0.452. The number of aryl methyl sites for hydroxylation is 3. The minimum Gasteiger partial charge on any atom is -0.493 e. The van der Waals surface area contributed by atoms with Gasteiger partial charge >= 0.3 is 0 Å². The van der Waals surface area contributed by atoms with Crippen LogP contribution < -0.4 is 19.8 Å². The van der Waals surface area contributed by atoms with E-state index in [9.17, 15) is 9.59 Å². The van der Waals surface area contributed by atoms with E-state index in [4.69, 9.17) is 13.9 Å². The van der Waals surface area contributed by atoms with Gasteiger partial charge in [0, 0.05) is 6.20 Å². The molecule has 39 heavy (non-hydrogen) atoms. The van der Waals surface area contributed by atoms with Crippen molar-refractivity contribution in [2.45, 2.75) is 59.4 Å². The summed E-state index contributed by atoms with van der Waals surface area (Å²) in [4.78, 5) is 33.9. The molecule has 0 N–H and O–H groups in total. The predicted molar refractivity (Wildman–Crippen MR) is 152 cm³/mol. The fourth-order valence-corrected chi connectivity index (χ4v) is 5.12. The molecule has 2 aromatic carbocycles.